The van der Waals surface area contributed by atoms with Gasteiger partial charge in [-0.1, -0.05) is 6.92 Å². The molecule has 1 saturated heterocycles. The second kappa shape index (κ2) is 6.86. The van der Waals surface area contributed by atoms with Crippen molar-refractivity contribution < 1.29 is 9.59 Å². The van der Waals surface area contributed by atoms with E-state index in [4.69, 9.17) is 0 Å². The minimum atomic E-state index is -0.483. The van der Waals surface area contributed by atoms with Crippen LogP contribution in [-0.2, 0) is 9.59 Å². The highest BCUT2D eigenvalue weighted by Gasteiger charge is 2.25. The maximum Gasteiger partial charge on any atom is 0.242 e. The molecule has 2 amide bonds. The van der Waals surface area contributed by atoms with Gasteiger partial charge in [0.25, 0.3) is 0 Å². The van der Waals surface area contributed by atoms with Crippen LogP contribution in [0.4, 0.5) is 0 Å². The van der Waals surface area contributed by atoms with E-state index < -0.39 is 6.04 Å². The SMILES string of the molecule is CCC(C)NC(=O)C(C)NC(=O)C1CSCN1. The molecule has 1 aliphatic heterocycles. The van der Waals surface area contributed by atoms with Gasteiger partial charge in [-0.25, -0.2) is 0 Å². The summed E-state index contributed by atoms with van der Waals surface area (Å²) in [5, 5.41) is 8.64. The maximum absolute atomic E-state index is 11.7. The number of hydrogen-bond donors (Lipinski definition) is 3. The Morgan fingerprint density at radius 2 is 2.12 bits per heavy atom. The third-order valence-corrected chi connectivity index (χ3v) is 3.73. The standard InChI is InChI=1S/C11H21N3O2S/c1-4-7(2)13-10(15)8(3)14-11(16)9-5-17-6-12-9/h7-9,12H,4-6H2,1-3H3,(H,13,15)(H,14,16). The molecule has 0 aromatic carbocycles. The fourth-order valence-corrected chi connectivity index (χ4v) is 2.35. The Labute approximate surface area is 106 Å². The van der Waals surface area contributed by atoms with Gasteiger partial charge in [0.05, 0.1) is 6.04 Å². The van der Waals surface area contributed by atoms with Crippen molar-refractivity contribution in [3.63, 3.8) is 0 Å². The fraction of sp³-hybridized carbons (Fsp3) is 0.818. The van der Waals surface area contributed by atoms with E-state index in [1.54, 1.807) is 18.7 Å². The molecule has 3 atom stereocenters. The summed E-state index contributed by atoms with van der Waals surface area (Å²) in [6, 6.07) is -0.509. The summed E-state index contributed by atoms with van der Waals surface area (Å²) in [6.07, 6.45) is 0.882. The summed E-state index contributed by atoms with van der Waals surface area (Å²) >= 11 is 1.69. The number of rotatable bonds is 5. The normalized spacial score (nSPS) is 22.9. The highest BCUT2D eigenvalue weighted by molar-refractivity contribution is 7.99. The van der Waals surface area contributed by atoms with Gasteiger partial charge in [-0.15, -0.1) is 11.8 Å². The molecule has 1 aliphatic rings. The lowest BCUT2D eigenvalue weighted by molar-refractivity contribution is -0.129. The first kappa shape index (κ1) is 14.3. The average Bonchev–Trinajstić information content (AvgIpc) is 2.82. The Kier molecular flexibility index (Phi) is 5.77. The molecular weight excluding hydrogens is 238 g/mol. The Morgan fingerprint density at radius 1 is 1.41 bits per heavy atom. The summed E-state index contributed by atoms with van der Waals surface area (Å²) < 4.78 is 0. The number of carbonyl (C=O) groups is 2. The summed E-state index contributed by atoms with van der Waals surface area (Å²) in [4.78, 5) is 23.5. The van der Waals surface area contributed by atoms with Crippen LogP contribution in [0.5, 0.6) is 0 Å². The summed E-state index contributed by atoms with van der Waals surface area (Å²) in [7, 11) is 0. The molecule has 0 bridgehead atoms. The van der Waals surface area contributed by atoms with E-state index in [1.807, 2.05) is 13.8 Å². The second-order valence-electron chi connectivity index (χ2n) is 4.32. The summed E-state index contributed by atoms with van der Waals surface area (Å²) in [6.45, 7) is 5.66. The first-order chi connectivity index (χ1) is 8.04. The van der Waals surface area contributed by atoms with Crippen molar-refractivity contribution in [1.29, 1.82) is 0 Å². The molecule has 3 unspecified atom stereocenters. The third-order valence-electron chi connectivity index (χ3n) is 2.79. The number of amides is 2. The number of carbonyl (C=O) groups excluding carboxylic acids is 2. The van der Waals surface area contributed by atoms with Crippen LogP contribution in [0.15, 0.2) is 0 Å². The van der Waals surface area contributed by atoms with Crippen LogP contribution in [0.2, 0.25) is 0 Å². The van der Waals surface area contributed by atoms with Crippen LogP contribution in [0, 0.1) is 0 Å². The van der Waals surface area contributed by atoms with Crippen LogP contribution in [0.25, 0.3) is 0 Å². The van der Waals surface area contributed by atoms with Crippen molar-refractivity contribution in [2.24, 2.45) is 0 Å². The van der Waals surface area contributed by atoms with Crippen molar-refractivity contribution in [2.45, 2.75) is 45.3 Å². The van der Waals surface area contributed by atoms with Crippen molar-refractivity contribution in [3.8, 4) is 0 Å². The van der Waals surface area contributed by atoms with Crippen molar-refractivity contribution in [1.82, 2.24) is 16.0 Å². The minimum Gasteiger partial charge on any atom is -0.352 e. The molecule has 0 aromatic rings. The first-order valence-electron chi connectivity index (χ1n) is 5.96. The molecule has 0 saturated carbocycles. The van der Waals surface area contributed by atoms with Crippen molar-refractivity contribution in [3.05, 3.63) is 0 Å². The predicted molar refractivity (Wildman–Crippen MR) is 69.7 cm³/mol. The predicted octanol–water partition coefficient (Wildman–Crippen LogP) is 0.0683. The molecule has 1 heterocycles. The smallest absolute Gasteiger partial charge is 0.242 e. The van der Waals surface area contributed by atoms with Gasteiger partial charge in [0, 0.05) is 17.7 Å². The number of thioether (sulfide) groups is 1. The zero-order valence-corrected chi connectivity index (χ0v) is 11.4. The minimum absolute atomic E-state index is 0.0956. The molecule has 0 aromatic heterocycles. The Hall–Kier alpha value is -0.750. The maximum atomic E-state index is 11.7. The molecule has 1 fully saturated rings. The van der Waals surface area contributed by atoms with E-state index in [0.717, 1.165) is 18.1 Å². The first-order valence-corrected chi connectivity index (χ1v) is 7.12. The summed E-state index contributed by atoms with van der Waals surface area (Å²) in [5.74, 6) is 1.34. The lowest BCUT2D eigenvalue weighted by Crippen LogP contribution is -2.52. The lowest BCUT2D eigenvalue weighted by atomic mass is 10.2. The Morgan fingerprint density at radius 3 is 2.65 bits per heavy atom. The number of hydrogen-bond acceptors (Lipinski definition) is 4. The second-order valence-corrected chi connectivity index (χ2v) is 5.35. The van der Waals surface area contributed by atoms with E-state index in [-0.39, 0.29) is 23.9 Å². The lowest BCUT2D eigenvalue weighted by Gasteiger charge is -2.19. The molecule has 1 rings (SSSR count). The van der Waals surface area contributed by atoms with Gasteiger partial charge in [0.15, 0.2) is 0 Å². The van der Waals surface area contributed by atoms with Crippen LogP contribution < -0.4 is 16.0 Å². The Bertz CT molecular complexity index is 280. The molecule has 5 nitrogen and oxygen atoms in total. The van der Waals surface area contributed by atoms with Gasteiger partial charge in [-0.05, 0) is 20.3 Å². The topological polar surface area (TPSA) is 70.2 Å². The molecule has 98 valence electrons. The van der Waals surface area contributed by atoms with Crippen LogP contribution >= 0.6 is 11.8 Å². The zero-order chi connectivity index (χ0) is 12.8. The van der Waals surface area contributed by atoms with Gasteiger partial charge in [0.2, 0.25) is 11.8 Å². The van der Waals surface area contributed by atoms with Crippen LogP contribution in [-0.4, -0.2) is 41.6 Å². The van der Waals surface area contributed by atoms with E-state index in [0.29, 0.717) is 0 Å². The average molecular weight is 259 g/mol. The van der Waals surface area contributed by atoms with E-state index in [1.165, 1.54) is 0 Å². The van der Waals surface area contributed by atoms with Gasteiger partial charge in [-0.2, -0.15) is 0 Å². The van der Waals surface area contributed by atoms with Crippen molar-refractivity contribution >= 4 is 23.6 Å². The molecule has 17 heavy (non-hydrogen) atoms. The van der Waals surface area contributed by atoms with Crippen molar-refractivity contribution in [2.75, 3.05) is 11.6 Å². The molecule has 0 spiro atoms. The highest BCUT2D eigenvalue weighted by atomic mass is 32.2. The largest absolute Gasteiger partial charge is 0.352 e. The van der Waals surface area contributed by atoms with Gasteiger partial charge >= 0.3 is 0 Å². The van der Waals surface area contributed by atoms with E-state index in [2.05, 4.69) is 16.0 Å². The quantitative estimate of drug-likeness (QED) is 0.653. The number of nitrogens with one attached hydrogen (secondary N) is 3. The molecular formula is C11H21N3O2S. The third kappa shape index (κ3) is 4.55. The van der Waals surface area contributed by atoms with Gasteiger partial charge in [0.1, 0.15) is 6.04 Å². The molecule has 6 heteroatoms. The zero-order valence-electron chi connectivity index (χ0n) is 10.6. The molecule has 0 aliphatic carbocycles. The Balaban J connectivity index is 2.34. The van der Waals surface area contributed by atoms with Gasteiger partial charge < -0.3 is 10.6 Å². The highest BCUT2D eigenvalue weighted by Crippen LogP contribution is 2.09. The van der Waals surface area contributed by atoms with E-state index >= 15 is 0 Å². The molecule has 3 N–H and O–H groups in total. The fourth-order valence-electron chi connectivity index (χ4n) is 1.41. The van der Waals surface area contributed by atoms with Gasteiger partial charge in [-0.3, -0.25) is 14.9 Å². The van der Waals surface area contributed by atoms with Crippen LogP contribution in [0.3, 0.4) is 0 Å². The van der Waals surface area contributed by atoms with E-state index in [9.17, 15) is 9.59 Å². The monoisotopic (exact) mass is 259 g/mol. The van der Waals surface area contributed by atoms with Crippen LogP contribution in [0.1, 0.15) is 27.2 Å². The summed E-state index contributed by atoms with van der Waals surface area (Å²) in [5.41, 5.74) is 0. The molecule has 0 radical (unpaired) electrons.